The molecule has 0 bridgehead atoms. The maximum absolute atomic E-state index is 12.9. The zero-order valence-electron chi connectivity index (χ0n) is 22.3. The number of rotatable bonds is 8. The molecule has 2 heterocycles. The number of hydrogen-bond acceptors (Lipinski definition) is 6. The van der Waals surface area contributed by atoms with E-state index in [1.807, 2.05) is 30.3 Å². The van der Waals surface area contributed by atoms with E-state index < -0.39 is 0 Å². The number of aromatic nitrogens is 2. The topological polar surface area (TPSA) is 55.3 Å². The van der Waals surface area contributed by atoms with Crippen LogP contribution in [0.3, 0.4) is 0 Å². The quantitative estimate of drug-likeness (QED) is 0.310. The molecule has 1 fully saturated rings. The first-order chi connectivity index (χ1) is 17.2. The van der Waals surface area contributed by atoms with Crippen LogP contribution in [0.4, 0.5) is 5.13 Å². The third-order valence-corrected chi connectivity index (χ3v) is 8.17. The van der Waals surface area contributed by atoms with Gasteiger partial charge in [-0.1, -0.05) is 64.1 Å². The minimum absolute atomic E-state index is 0.103. The Kier molecular flexibility index (Phi) is 8.45. The number of benzene rings is 2. The largest absolute Gasteiger partial charge is 0.497 e. The molecule has 36 heavy (non-hydrogen) atoms. The molecule has 6 heteroatoms. The second-order valence-electron chi connectivity index (χ2n) is 11.1. The molecule has 4 rings (SSSR count). The number of methoxy groups -OCH3 is 1. The lowest BCUT2D eigenvalue weighted by Gasteiger charge is -2.25. The minimum atomic E-state index is 0.103. The van der Waals surface area contributed by atoms with Crippen molar-refractivity contribution in [1.29, 1.82) is 0 Å². The molecule has 192 valence electrons. The second kappa shape index (κ2) is 11.5. The molecule has 0 aliphatic carbocycles. The fraction of sp³-hybridized carbons (Fsp3) is 0.500. The molecule has 0 radical (unpaired) electrons. The normalized spacial score (nSPS) is 18.6. The van der Waals surface area contributed by atoms with Crippen molar-refractivity contribution in [1.82, 2.24) is 9.36 Å². The monoisotopic (exact) mass is 505 g/mol. The highest BCUT2D eigenvalue weighted by molar-refractivity contribution is 7.09. The Balaban J connectivity index is 1.31. The number of ether oxygens (including phenoxy) is 1. The molecular formula is C30H39N3O2S. The molecular weight excluding hydrogens is 466 g/mol. The highest BCUT2D eigenvalue weighted by Gasteiger charge is 2.26. The highest BCUT2D eigenvalue weighted by Crippen LogP contribution is 2.31. The van der Waals surface area contributed by atoms with Crippen molar-refractivity contribution >= 4 is 22.4 Å². The van der Waals surface area contributed by atoms with Gasteiger partial charge in [0, 0.05) is 43.0 Å². The first-order valence-electron chi connectivity index (χ1n) is 13.1. The van der Waals surface area contributed by atoms with E-state index in [0.717, 1.165) is 60.2 Å². The molecule has 1 aliphatic rings. The van der Waals surface area contributed by atoms with E-state index in [4.69, 9.17) is 9.72 Å². The van der Waals surface area contributed by atoms with E-state index in [9.17, 15) is 4.79 Å². The van der Waals surface area contributed by atoms with Crippen LogP contribution in [0.15, 0.2) is 48.5 Å². The molecule has 2 atom stereocenters. The van der Waals surface area contributed by atoms with Crippen LogP contribution in [-0.4, -0.2) is 35.3 Å². The number of ketones is 1. The van der Waals surface area contributed by atoms with Crippen LogP contribution in [0.1, 0.15) is 80.7 Å². The van der Waals surface area contributed by atoms with E-state index >= 15 is 0 Å². The van der Waals surface area contributed by atoms with Crippen molar-refractivity contribution < 1.29 is 9.53 Å². The molecule has 5 nitrogen and oxygen atoms in total. The number of carbonyl (C=O) groups is 1. The van der Waals surface area contributed by atoms with Crippen LogP contribution in [0.25, 0.3) is 0 Å². The Morgan fingerprint density at radius 1 is 1.17 bits per heavy atom. The van der Waals surface area contributed by atoms with Crippen molar-refractivity contribution in [3.8, 4) is 5.75 Å². The van der Waals surface area contributed by atoms with Crippen LogP contribution in [-0.2, 0) is 11.8 Å². The van der Waals surface area contributed by atoms with E-state index in [-0.39, 0.29) is 11.2 Å². The predicted molar refractivity (Wildman–Crippen MR) is 149 cm³/mol. The summed E-state index contributed by atoms with van der Waals surface area (Å²) in [6.07, 6.45) is 4.55. The third kappa shape index (κ3) is 6.73. The fourth-order valence-corrected chi connectivity index (χ4v) is 5.77. The van der Waals surface area contributed by atoms with E-state index in [1.54, 1.807) is 7.11 Å². The van der Waals surface area contributed by atoms with Crippen molar-refractivity contribution in [3.05, 3.63) is 71.0 Å². The van der Waals surface area contributed by atoms with Gasteiger partial charge in [-0.3, -0.25) is 4.79 Å². The lowest BCUT2D eigenvalue weighted by molar-refractivity contribution is 0.0968. The van der Waals surface area contributed by atoms with E-state index in [0.29, 0.717) is 24.7 Å². The van der Waals surface area contributed by atoms with Crippen molar-refractivity contribution in [2.24, 2.45) is 11.8 Å². The van der Waals surface area contributed by atoms with Crippen LogP contribution in [0, 0.1) is 11.8 Å². The molecule has 0 N–H and O–H groups in total. The summed E-state index contributed by atoms with van der Waals surface area (Å²) in [5.74, 6) is 3.04. The van der Waals surface area contributed by atoms with Gasteiger partial charge in [0.1, 0.15) is 11.6 Å². The molecule has 1 aliphatic heterocycles. The smallest absolute Gasteiger partial charge is 0.205 e. The number of hydrogen-bond donors (Lipinski definition) is 0. The average Bonchev–Trinajstić information content (AvgIpc) is 3.24. The summed E-state index contributed by atoms with van der Waals surface area (Å²) in [7, 11) is 1.69. The summed E-state index contributed by atoms with van der Waals surface area (Å²) in [6.45, 7) is 10.9. The Morgan fingerprint density at radius 3 is 2.67 bits per heavy atom. The lowest BCUT2D eigenvalue weighted by Crippen LogP contribution is -2.29. The Morgan fingerprint density at radius 2 is 1.94 bits per heavy atom. The van der Waals surface area contributed by atoms with Crippen molar-refractivity contribution in [2.45, 2.75) is 65.2 Å². The summed E-state index contributed by atoms with van der Waals surface area (Å²) < 4.78 is 9.97. The van der Waals surface area contributed by atoms with Gasteiger partial charge in [0.15, 0.2) is 5.78 Å². The Bertz CT molecular complexity index is 1150. The van der Waals surface area contributed by atoms with Gasteiger partial charge < -0.3 is 9.64 Å². The Hall–Kier alpha value is -2.73. The number of anilines is 1. The molecule has 2 unspecified atom stereocenters. The molecule has 0 amide bonds. The summed E-state index contributed by atoms with van der Waals surface area (Å²) in [5, 5.41) is 1.01. The van der Waals surface area contributed by atoms with Gasteiger partial charge in [-0.15, -0.1) is 0 Å². The number of Topliss-reactive ketones (excluding diaryl/α,β-unsaturated/α-hetero) is 1. The third-order valence-electron chi connectivity index (χ3n) is 7.36. The standard InChI is InChI=1S/C30H39N3O2S/c1-21-20-33(29-31-28(32-36-29)19-22-8-6-10-26(18-22)35-5)17-7-9-23(21)13-16-27(34)24-11-14-25(15-12-24)30(2,3)4/h6,8,10-12,14-15,18,21,23H,7,9,13,16-17,19-20H2,1-5H3. The van der Waals surface area contributed by atoms with E-state index in [2.05, 4.69) is 55.2 Å². The number of nitrogens with zero attached hydrogens (tertiary/aromatic N) is 3. The summed E-state index contributed by atoms with van der Waals surface area (Å²) >= 11 is 1.50. The van der Waals surface area contributed by atoms with Crippen molar-refractivity contribution in [2.75, 3.05) is 25.1 Å². The first kappa shape index (κ1) is 26.3. The molecule has 0 saturated carbocycles. The SMILES string of the molecule is COc1cccc(Cc2nsc(N3CCCC(CCC(=O)c4ccc(C(C)(C)C)cc4)C(C)C3)n2)c1. The average molecular weight is 506 g/mol. The molecule has 3 aromatic rings. The lowest BCUT2D eigenvalue weighted by atomic mass is 9.84. The van der Waals surface area contributed by atoms with E-state index in [1.165, 1.54) is 17.1 Å². The maximum atomic E-state index is 12.9. The predicted octanol–water partition coefficient (Wildman–Crippen LogP) is 6.95. The van der Waals surface area contributed by atoms with Gasteiger partial charge in [-0.05, 0) is 59.8 Å². The van der Waals surface area contributed by atoms with Gasteiger partial charge in [-0.2, -0.15) is 4.37 Å². The maximum Gasteiger partial charge on any atom is 0.205 e. The molecule has 1 aromatic heterocycles. The zero-order chi connectivity index (χ0) is 25.7. The van der Waals surface area contributed by atoms with Crippen LogP contribution < -0.4 is 9.64 Å². The van der Waals surface area contributed by atoms with Gasteiger partial charge in [0.2, 0.25) is 5.13 Å². The minimum Gasteiger partial charge on any atom is -0.497 e. The number of carbonyl (C=O) groups excluding carboxylic acids is 1. The summed E-state index contributed by atoms with van der Waals surface area (Å²) in [6, 6.07) is 16.3. The summed E-state index contributed by atoms with van der Waals surface area (Å²) in [5.41, 5.74) is 3.36. The van der Waals surface area contributed by atoms with Gasteiger partial charge >= 0.3 is 0 Å². The summed E-state index contributed by atoms with van der Waals surface area (Å²) in [4.78, 5) is 20.1. The van der Waals surface area contributed by atoms with Crippen LogP contribution in [0.5, 0.6) is 5.75 Å². The molecule has 2 aromatic carbocycles. The van der Waals surface area contributed by atoms with Crippen LogP contribution >= 0.6 is 11.5 Å². The molecule has 0 spiro atoms. The fourth-order valence-electron chi connectivity index (χ4n) is 5.05. The van der Waals surface area contributed by atoms with Gasteiger partial charge in [-0.25, -0.2) is 4.98 Å². The van der Waals surface area contributed by atoms with Gasteiger partial charge in [0.05, 0.1) is 7.11 Å². The first-order valence-corrected chi connectivity index (χ1v) is 13.8. The zero-order valence-corrected chi connectivity index (χ0v) is 23.1. The van der Waals surface area contributed by atoms with Crippen LogP contribution in [0.2, 0.25) is 0 Å². The second-order valence-corrected chi connectivity index (χ2v) is 11.9. The Labute approximate surface area is 220 Å². The van der Waals surface area contributed by atoms with Gasteiger partial charge in [0.25, 0.3) is 0 Å². The van der Waals surface area contributed by atoms with Crippen molar-refractivity contribution in [3.63, 3.8) is 0 Å². The molecule has 1 saturated heterocycles. The highest BCUT2D eigenvalue weighted by atomic mass is 32.1.